The van der Waals surface area contributed by atoms with Gasteiger partial charge in [-0.2, -0.15) is 0 Å². The van der Waals surface area contributed by atoms with Crippen LogP contribution in [0.25, 0.3) is 11.0 Å². The highest BCUT2D eigenvalue weighted by atomic mass is 79.9. The number of hydrogen-bond acceptors (Lipinski definition) is 5. The van der Waals surface area contributed by atoms with Gasteiger partial charge in [-0.05, 0) is 68.8 Å². The second kappa shape index (κ2) is 7.78. The first-order chi connectivity index (χ1) is 15.7. The Labute approximate surface area is 198 Å². The van der Waals surface area contributed by atoms with Gasteiger partial charge in [0, 0.05) is 15.5 Å². The van der Waals surface area contributed by atoms with Gasteiger partial charge in [0.1, 0.15) is 23.1 Å². The molecule has 2 aromatic carbocycles. The molecule has 0 spiro atoms. The first-order valence-corrected chi connectivity index (χ1v) is 11.2. The van der Waals surface area contributed by atoms with Crippen LogP contribution in [0.15, 0.2) is 79.2 Å². The molecule has 4 aromatic rings. The maximum Gasteiger partial charge on any atom is 0.294 e. The van der Waals surface area contributed by atoms with Gasteiger partial charge in [0.15, 0.2) is 11.5 Å². The third-order valence-electron chi connectivity index (χ3n) is 5.80. The monoisotopic (exact) mass is 505 g/mol. The molecular weight excluding hydrogens is 486 g/mol. The Kier molecular flexibility index (Phi) is 5.01. The Morgan fingerprint density at radius 3 is 2.48 bits per heavy atom. The summed E-state index contributed by atoms with van der Waals surface area (Å²) in [7, 11) is 0. The van der Waals surface area contributed by atoms with Crippen molar-refractivity contribution in [2.45, 2.75) is 26.8 Å². The smallest absolute Gasteiger partial charge is 0.294 e. The lowest BCUT2D eigenvalue weighted by molar-refractivity contribution is -0.117. The second-order valence-electron chi connectivity index (χ2n) is 8.20. The van der Waals surface area contributed by atoms with E-state index >= 15 is 0 Å². The van der Waals surface area contributed by atoms with Gasteiger partial charge in [0.25, 0.3) is 5.91 Å². The number of halogens is 1. The zero-order valence-electron chi connectivity index (χ0n) is 18.2. The number of Topliss-reactive ketones (excluding diaryl/α,β-unsaturated/α-hetero) is 1. The Morgan fingerprint density at radius 2 is 1.79 bits per heavy atom. The van der Waals surface area contributed by atoms with Crippen molar-refractivity contribution >= 4 is 44.3 Å². The molecule has 3 heterocycles. The normalized spacial score (nSPS) is 16.3. The van der Waals surface area contributed by atoms with E-state index in [1.165, 1.54) is 4.90 Å². The molecule has 0 saturated carbocycles. The van der Waals surface area contributed by atoms with E-state index in [-0.39, 0.29) is 11.3 Å². The van der Waals surface area contributed by atoms with E-state index in [1.54, 1.807) is 31.2 Å². The van der Waals surface area contributed by atoms with Gasteiger partial charge in [-0.1, -0.05) is 33.6 Å². The summed E-state index contributed by atoms with van der Waals surface area (Å²) in [4.78, 5) is 28.3. The Hall–Kier alpha value is -3.58. The fourth-order valence-electron chi connectivity index (χ4n) is 4.29. The van der Waals surface area contributed by atoms with Gasteiger partial charge in [-0.25, -0.2) is 0 Å². The molecule has 1 atom stereocenters. The van der Waals surface area contributed by atoms with Crippen LogP contribution in [0.2, 0.25) is 0 Å². The standard InChI is InChI=1S/C26H20BrNO5/c1-13-4-7-18(14(2)10-13)28-23(20-8-5-15(3)32-20)22(25(30)26(28)31)24(29)21-12-16-11-17(27)6-9-19(16)33-21/h4-12,23,30H,1-3H3. The van der Waals surface area contributed by atoms with Gasteiger partial charge in [-0.3, -0.25) is 14.5 Å². The lowest BCUT2D eigenvalue weighted by Crippen LogP contribution is -2.31. The summed E-state index contributed by atoms with van der Waals surface area (Å²) < 4.78 is 12.5. The van der Waals surface area contributed by atoms with Crippen LogP contribution < -0.4 is 4.90 Å². The largest absolute Gasteiger partial charge is 0.503 e. The van der Waals surface area contributed by atoms with Crippen molar-refractivity contribution in [2.24, 2.45) is 0 Å². The van der Waals surface area contributed by atoms with Crippen LogP contribution in [0.3, 0.4) is 0 Å². The van der Waals surface area contributed by atoms with Crippen molar-refractivity contribution < 1.29 is 23.5 Å². The van der Waals surface area contributed by atoms with Crippen LogP contribution >= 0.6 is 15.9 Å². The molecule has 5 rings (SSSR count). The first kappa shape index (κ1) is 21.3. The number of hydrogen-bond donors (Lipinski definition) is 1. The lowest BCUT2D eigenvalue weighted by Gasteiger charge is -2.26. The molecule has 1 aliphatic rings. The molecule has 7 heteroatoms. The summed E-state index contributed by atoms with van der Waals surface area (Å²) in [5.74, 6) is -0.798. The molecule has 0 saturated heterocycles. The maximum atomic E-state index is 13.6. The van der Waals surface area contributed by atoms with E-state index < -0.39 is 23.5 Å². The highest BCUT2D eigenvalue weighted by Crippen LogP contribution is 2.44. The summed E-state index contributed by atoms with van der Waals surface area (Å²) in [6.45, 7) is 5.62. The molecule has 6 nitrogen and oxygen atoms in total. The van der Waals surface area contributed by atoms with Gasteiger partial charge >= 0.3 is 0 Å². The van der Waals surface area contributed by atoms with Crippen LogP contribution in [-0.2, 0) is 4.79 Å². The molecule has 0 aliphatic carbocycles. The predicted octanol–water partition coefficient (Wildman–Crippen LogP) is 6.50. The van der Waals surface area contributed by atoms with Crippen molar-refractivity contribution in [3.8, 4) is 0 Å². The third-order valence-corrected chi connectivity index (χ3v) is 6.29. The number of benzene rings is 2. The molecule has 0 bridgehead atoms. The number of aliphatic hydroxyl groups excluding tert-OH is 1. The Balaban J connectivity index is 1.67. The van der Waals surface area contributed by atoms with E-state index in [4.69, 9.17) is 8.83 Å². The number of aryl methyl sites for hydroxylation is 3. The van der Waals surface area contributed by atoms with Gasteiger partial charge in [0.2, 0.25) is 5.78 Å². The highest BCUT2D eigenvalue weighted by molar-refractivity contribution is 9.10. The fourth-order valence-corrected chi connectivity index (χ4v) is 4.67. The van der Waals surface area contributed by atoms with Crippen LogP contribution in [0.5, 0.6) is 0 Å². The summed E-state index contributed by atoms with van der Waals surface area (Å²) in [6, 6.07) is 15.2. The van der Waals surface area contributed by atoms with E-state index in [1.807, 2.05) is 44.2 Å². The molecule has 33 heavy (non-hydrogen) atoms. The fraction of sp³-hybridized carbons (Fsp3) is 0.154. The van der Waals surface area contributed by atoms with Crippen molar-refractivity contribution in [3.63, 3.8) is 0 Å². The zero-order chi connectivity index (χ0) is 23.4. The summed E-state index contributed by atoms with van der Waals surface area (Å²) in [6.07, 6.45) is 0. The summed E-state index contributed by atoms with van der Waals surface area (Å²) in [5, 5.41) is 11.6. The number of rotatable bonds is 4. The van der Waals surface area contributed by atoms with Crippen LogP contribution in [0.1, 0.15) is 39.2 Å². The maximum absolute atomic E-state index is 13.6. The topological polar surface area (TPSA) is 83.9 Å². The molecule has 1 unspecified atom stereocenters. The average Bonchev–Trinajstić information content (AvgIpc) is 3.45. The predicted molar refractivity (Wildman–Crippen MR) is 127 cm³/mol. The summed E-state index contributed by atoms with van der Waals surface area (Å²) >= 11 is 3.41. The molecule has 0 radical (unpaired) electrons. The lowest BCUT2D eigenvalue weighted by atomic mass is 9.98. The molecule has 1 amide bonds. The number of ketones is 1. The van der Waals surface area contributed by atoms with E-state index in [0.29, 0.717) is 22.8 Å². The SMILES string of the molecule is Cc1ccc(N2C(=O)C(O)=C(C(=O)c3cc4cc(Br)ccc4o3)C2c2ccc(C)o2)c(C)c1. The van der Waals surface area contributed by atoms with Gasteiger partial charge in [0.05, 0.1) is 5.57 Å². The minimum absolute atomic E-state index is 0.0354. The van der Waals surface area contributed by atoms with Crippen molar-refractivity contribution in [1.82, 2.24) is 0 Å². The quantitative estimate of drug-likeness (QED) is 0.320. The van der Waals surface area contributed by atoms with Crippen LogP contribution in [0.4, 0.5) is 5.69 Å². The Morgan fingerprint density at radius 1 is 1.00 bits per heavy atom. The molecule has 1 N–H and O–H groups in total. The number of aliphatic hydroxyl groups is 1. The minimum atomic E-state index is -0.931. The van der Waals surface area contributed by atoms with Crippen molar-refractivity contribution in [1.29, 1.82) is 0 Å². The number of furan rings is 2. The third kappa shape index (κ3) is 3.49. The first-order valence-electron chi connectivity index (χ1n) is 10.4. The van der Waals surface area contributed by atoms with Gasteiger partial charge in [-0.15, -0.1) is 0 Å². The van der Waals surface area contributed by atoms with Crippen molar-refractivity contribution in [2.75, 3.05) is 4.90 Å². The number of fused-ring (bicyclic) bond motifs is 1. The van der Waals surface area contributed by atoms with E-state index in [9.17, 15) is 14.7 Å². The minimum Gasteiger partial charge on any atom is -0.503 e. The number of anilines is 1. The molecular formula is C26H20BrNO5. The molecule has 1 aliphatic heterocycles. The number of amides is 1. The number of nitrogens with zero attached hydrogens (tertiary/aromatic N) is 1. The average molecular weight is 506 g/mol. The highest BCUT2D eigenvalue weighted by Gasteiger charge is 2.47. The second-order valence-corrected chi connectivity index (χ2v) is 9.12. The number of carbonyl (C=O) groups is 2. The summed E-state index contributed by atoms with van der Waals surface area (Å²) in [5.41, 5.74) is 2.92. The Bertz CT molecular complexity index is 1480. The van der Waals surface area contributed by atoms with E-state index in [2.05, 4.69) is 15.9 Å². The van der Waals surface area contributed by atoms with Crippen LogP contribution in [0, 0.1) is 20.8 Å². The molecule has 166 valence electrons. The number of carbonyl (C=O) groups excluding carboxylic acids is 2. The molecule has 0 fully saturated rings. The van der Waals surface area contributed by atoms with E-state index in [0.717, 1.165) is 21.0 Å². The van der Waals surface area contributed by atoms with Gasteiger partial charge < -0.3 is 13.9 Å². The van der Waals surface area contributed by atoms with Crippen molar-refractivity contribution in [3.05, 3.63) is 98.8 Å². The zero-order valence-corrected chi connectivity index (χ0v) is 19.8. The van der Waals surface area contributed by atoms with Crippen LogP contribution in [-0.4, -0.2) is 16.8 Å². The molecule has 2 aromatic heterocycles.